The van der Waals surface area contributed by atoms with Crippen molar-refractivity contribution in [1.82, 2.24) is 9.88 Å². The lowest BCUT2D eigenvalue weighted by atomic mass is 9.90. The Bertz CT molecular complexity index is 296. The Hall–Kier alpha value is -0.890. The summed E-state index contributed by atoms with van der Waals surface area (Å²) in [6.07, 6.45) is 3.84. The van der Waals surface area contributed by atoms with Crippen LogP contribution in [0.3, 0.4) is 0 Å². The first-order valence-corrected chi connectivity index (χ1v) is 5.30. The Kier molecular flexibility index (Phi) is 2.55. The van der Waals surface area contributed by atoms with Crippen LogP contribution in [0.5, 0.6) is 0 Å². The highest BCUT2D eigenvalue weighted by Gasteiger charge is 2.34. The standard InChI is InChI=1S/C12H18N2/c1-9-8-14(3)12(10(9)2)11-5-4-6-13-7-11/h4-7,9-10,12H,8H2,1-3H3. The lowest BCUT2D eigenvalue weighted by Gasteiger charge is -2.23. The predicted octanol–water partition coefficient (Wildman–Crippen LogP) is 2.34. The van der Waals surface area contributed by atoms with Crippen molar-refractivity contribution in [2.24, 2.45) is 11.8 Å². The van der Waals surface area contributed by atoms with Crippen LogP contribution in [0.4, 0.5) is 0 Å². The SMILES string of the molecule is CC1CN(C)C(c2cccnc2)C1C. The molecule has 1 aromatic heterocycles. The van der Waals surface area contributed by atoms with Crippen LogP contribution in [0.1, 0.15) is 25.5 Å². The molecular weight excluding hydrogens is 172 g/mol. The second kappa shape index (κ2) is 3.70. The van der Waals surface area contributed by atoms with Crippen LogP contribution in [0.2, 0.25) is 0 Å². The van der Waals surface area contributed by atoms with Crippen molar-refractivity contribution in [3.05, 3.63) is 30.1 Å². The highest BCUT2D eigenvalue weighted by Crippen LogP contribution is 2.38. The summed E-state index contributed by atoms with van der Waals surface area (Å²) in [5.74, 6) is 1.51. The van der Waals surface area contributed by atoms with E-state index in [1.165, 1.54) is 12.1 Å². The Morgan fingerprint density at radius 1 is 1.43 bits per heavy atom. The maximum Gasteiger partial charge on any atom is 0.0388 e. The third-order valence-corrected chi connectivity index (χ3v) is 3.47. The summed E-state index contributed by atoms with van der Waals surface area (Å²) in [4.78, 5) is 6.63. The van der Waals surface area contributed by atoms with Gasteiger partial charge in [0.05, 0.1) is 0 Å². The molecule has 0 saturated carbocycles. The zero-order valence-electron chi connectivity index (χ0n) is 9.14. The predicted molar refractivity (Wildman–Crippen MR) is 57.9 cm³/mol. The first-order chi connectivity index (χ1) is 6.70. The summed E-state index contributed by atoms with van der Waals surface area (Å²) in [6, 6.07) is 4.76. The Balaban J connectivity index is 2.26. The van der Waals surface area contributed by atoms with Crippen molar-refractivity contribution < 1.29 is 0 Å². The van der Waals surface area contributed by atoms with Gasteiger partial charge < -0.3 is 0 Å². The third-order valence-electron chi connectivity index (χ3n) is 3.47. The molecule has 0 amide bonds. The van der Waals surface area contributed by atoms with E-state index in [4.69, 9.17) is 0 Å². The monoisotopic (exact) mass is 190 g/mol. The van der Waals surface area contributed by atoms with Gasteiger partial charge in [-0.25, -0.2) is 0 Å². The van der Waals surface area contributed by atoms with E-state index in [0.29, 0.717) is 6.04 Å². The summed E-state index contributed by atoms with van der Waals surface area (Å²) in [7, 11) is 2.21. The number of hydrogen-bond donors (Lipinski definition) is 0. The number of aromatic nitrogens is 1. The minimum atomic E-state index is 0.554. The van der Waals surface area contributed by atoms with Crippen LogP contribution in [-0.2, 0) is 0 Å². The highest BCUT2D eigenvalue weighted by molar-refractivity contribution is 5.16. The van der Waals surface area contributed by atoms with Gasteiger partial charge in [0.2, 0.25) is 0 Å². The summed E-state index contributed by atoms with van der Waals surface area (Å²) in [5, 5.41) is 0. The second-order valence-electron chi connectivity index (χ2n) is 4.51. The number of likely N-dealkylation sites (tertiary alicyclic amines) is 1. The molecule has 2 heteroatoms. The maximum absolute atomic E-state index is 4.20. The zero-order valence-corrected chi connectivity index (χ0v) is 9.14. The molecule has 0 aromatic carbocycles. The van der Waals surface area contributed by atoms with E-state index in [-0.39, 0.29) is 0 Å². The van der Waals surface area contributed by atoms with Crippen LogP contribution in [0, 0.1) is 11.8 Å². The minimum absolute atomic E-state index is 0.554. The zero-order chi connectivity index (χ0) is 10.1. The summed E-state index contributed by atoms with van der Waals surface area (Å²) < 4.78 is 0. The fourth-order valence-electron chi connectivity index (χ4n) is 2.56. The van der Waals surface area contributed by atoms with Crippen LogP contribution in [-0.4, -0.2) is 23.5 Å². The van der Waals surface area contributed by atoms with E-state index in [9.17, 15) is 0 Å². The molecule has 14 heavy (non-hydrogen) atoms. The molecule has 1 aliphatic heterocycles. The lowest BCUT2D eigenvalue weighted by Crippen LogP contribution is -2.20. The van der Waals surface area contributed by atoms with Crippen molar-refractivity contribution in [2.75, 3.05) is 13.6 Å². The van der Waals surface area contributed by atoms with Crippen molar-refractivity contribution in [1.29, 1.82) is 0 Å². The average Bonchev–Trinajstić information content (AvgIpc) is 2.43. The quantitative estimate of drug-likeness (QED) is 0.675. The van der Waals surface area contributed by atoms with Crippen molar-refractivity contribution in [3.63, 3.8) is 0 Å². The molecule has 2 rings (SSSR count). The molecule has 1 aromatic rings. The number of nitrogens with zero attached hydrogens (tertiary/aromatic N) is 2. The van der Waals surface area contributed by atoms with Crippen molar-refractivity contribution in [3.8, 4) is 0 Å². The molecule has 2 heterocycles. The molecule has 1 fully saturated rings. The van der Waals surface area contributed by atoms with E-state index >= 15 is 0 Å². The normalized spacial score (nSPS) is 33.5. The van der Waals surface area contributed by atoms with Crippen molar-refractivity contribution in [2.45, 2.75) is 19.9 Å². The van der Waals surface area contributed by atoms with Crippen LogP contribution in [0.15, 0.2) is 24.5 Å². The van der Waals surface area contributed by atoms with Crippen LogP contribution in [0.25, 0.3) is 0 Å². The topological polar surface area (TPSA) is 16.1 Å². The molecule has 3 atom stereocenters. The van der Waals surface area contributed by atoms with Crippen molar-refractivity contribution >= 4 is 0 Å². The fourth-order valence-corrected chi connectivity index (χ4v) is 2.56. The molecule has 1 aliphatic rings. The summed E-state index contributed by atoms with van der Waals surface area (Å²) in [6.45, 7) is 5.87. The number of pyridine rings is 1. The average molecular weight is 190 g/mol. The van der Waals surface area contributed by atoms with E-state index in [2.05, 4.69) is 36.8 Å². The van der Waals surface area contributed by atoms with Gasteiger partial charge in [-0.1, -0.05) is 19.9 Å². The molecule has 1 saturated heterocycles. The van der Waals surface area contributed by atoms with Gasteiger partial charge in [-0.15, -0.1) is 0 Å². The van der Waals surface area contributed by atoms with E-state index in [1.807, 2.05) is 18.5 Å². The molecule has 0 radical (unpaired) electrons. The van der Waals surface area contributed by atoms with Gasteiger partial charge >= 0.3 is 0 Å². The first-order valence-electron chi connectivity index (χ1n) is 5.30. The van der Waals surface area contributed by atoms with Crippen LogP contribution >= 0.6 is 0 Å². The van der Waals surface area contributed by atoms with Crippen LogP contribution < -0.4 is 0 Å². The highest BCUT2D eigenvalue weighted by atomic mass is 15.2. The molecular formula is C12H18N2. The van der Waals surface area contributed by atoms with E-state index in [1.54, 1.807) is 0 Å². The lowest BCUT2D eigenvalue weighted by molar-refractivity contribution is 0.284. The molecule has 2 nitrogen and oxygen atoms in total. The summed E-state index contributed by atoms with van der Waals surface area (Å²) in [5.41, 5.74) is 1.35. The minimum Gasteiger partial charge on any atom is -0.299 e. The Morgan fingerprint density at radius 2 is 2.21 bits per heavy atom. The molecule has 0 bridgehead atoms. The van der Waals surface area contributed by atoms with Gasteiger partial charge in [0.1, 0.15) is 0 Å². The van der Waals surface area contributed by atoms with E-state index in [0.717, 1.165) is 11.8 Å². The van der Waals surface area contributed by atoms with E-state index < -0.39 is 0 Å². The van der Waals surface area contributed by atoms with Gasteiger partial charge in [0, 0.05) is 25.0 Å². The van der Waals surface area contributed by atoms with Gasteiger partial charge in [-0.3, -0.25) is 9.88 Å². The van der Waals surface area contributed by atoms with Gasteiger partial charge in [0.15, 0.2) is 0 Å². The van der Waals surface area contributed by atoms with Gasteiger partial charge in [-0.05, 0) is 30.5 Å². The molecule has 76 valence electrons. The fraction of sp³-hybridized carbons (Fsp3) is 0.583. The second-order valence-corrected chi connectivity index (χ2v) is 4.51. The smallest absolute Gasteiger partial charge is 0.0388 e. The third kappa shape index (κ3) is 1.55. The number of hydrogen-bond acceptors (Lipinski definition) is 2. The molecule has 0 N–H and O–H groups in total. The Labute approximate surface area is 86.0 Å². The number of rotatable bonds is 1. The largest absolute Gasteiger partial charge is 0.299 e. The molecule has 3 unspecified atom stereocenters. The first kappa shape index (κ1) is 9.66. The van der Waals surface area contributed by atoms with Gasteiger partial charge in [-0.2, -0.15) is 0 Å². The Morgan fingerprint density at radius 3 is 2.71 bits per heavy atom. The maximum atomic E-state index is 4.20. The molecule has 0 spiro atoms. The van der Waals surface area contributed by atoms with Gasteiger partial charge in [0.25, 0.3) is 0 Å². The molecule has 0 aliphatic carbocycles. The summed E-state index contributed by atoms with van der Waals surface area (Å²) >= 11 is 0.